The number of aromatic nitrogens is 2. The smallest absolute Gasteiger partial charge is 0.409 e. The fourth-order valence-corrected chi connectivity index (χ4v) is 2.82. The van der Waals surface area contributed by atoms with Gasteiger partial charge in [0.05, 0.1) is 12.5 Å². The van der Waals surface area contributed by atoms with Crippen LogP contribution in [0.1, 0.15) is 44.3 Å². The summed E-state index contributed by atoms with van der Waals surface area (Å²) in [4.78, 5) is 18.3. The molecule has 8 heteroatoms. The van der Waals surface area contributed by atoms with E-state index >= 15 is 0 Å². The standard InChI is InChI=1S/C19H26ClN3O4/c1-4-15(8-5-7-14(2)20)17-21-18(27-22-17)16-9-6-10-23(13-16)19(24)26-12-11-25-3/h4-5,7-8,16H,6,9-13H2,1-3H3/b8-5-,14-7+,15-4+. The lowest BCUT2D eigenvalue weighted by Crippen LogP contribution is -2.39. The van der Waals surface area contributed by atoms with Gasteiger partial charge >= 0.3 is 6.09 Å². The first-order chi connectivity index (χ1) is 13.0. The maximum absolute atomic E-state index is 12.1. The lowest BCUT2D eigenvalue weighted by Gasteiger charge is -2.30. The Morgan fingerprint density at radius 2 is 2.26 bits per heavy atom. The summed E-state index contributed by atoms with van der Waals surface area (Å²) in [5.74, 6) is 1.06. The van der Waals surface area contributed by atoms with Crippen molar-refractivity contribution in [3.8, 4) is 0 Å². The Bertz CT molecular complexity index is 708. The van der Waals surface area contributed by atoms with E-state index in [4.69, 9.17) is 25.6 Å². The molecule has 0 aromatic carbocycles. The van der Waals surface area contributed by atoms with Crippen molar-refractivity contribution in [3.05, 3.63) is 41.1 Å². The Kier molecular flexibility index (Phi) is 8.54. The number of methoxy groups -OCH3 is 1. The maximum Gasteiger partial charge on any atom is 0.409 e. The molecule has 1 aromatic heterocycles. The van der Waals surface area contributed by atoms with Crippen LogP contribution in [-0.2, 0) is 9.47 Å². The number of hydrogen-bond acceptors (Lipinski definition) is 6. The molecule has 1 aliphatic heterocycles. The van der Waals surface area contributed by atoms with Gasteiger partial charge in [0.2, 0.25) is 11.7 Å². The maximum atomic E-state index is 12.1. The Hall–Kier alpha value is -2.12. The second-order valence-corrected chi connectivity index (χ2v) is 6.80. The number of likely N-dealkylation sites (tertiary alicyclic amines) is 1. The molecule has 0 spiro atoms. The summed E-state index contributed by atoms with van der Waals surface area (Å²) in [5, 5.41) is 4.77. The molecule has 2 heterocycles. The summed E-state index contributed by atoms with van der Waals surface area (Å²) >= 11 is 5.83. The van der Waals surface area contributed by atoms with Gasteiger partial charge in [-0.2, -0.15) is 4.98 Å². The highest BCUT2D eigenvalue weighted by Crippen LogP contribution is 2.27. The summed E-state index contributed by atoms with van der Waals surface area (Å²) in [6, 6.07) is 0. The molecule has 1 saturated heterocycles. The number of piperidine rings is 1. The highest BCUT2D eigenvalue weighted by molar-refractivity contribution is 6.29. The van der Waals surface area contributed by atoms with Crippen molar-refractivity contribution >= 4 is 23.3 Å². The van der Waals surface area contributed by atoms with E-state index in [1.54, 1.807) is 18.1 Å². The highest BCUT2D eigenvalue weighted by Gasteiger charge is 2.29. The van der Waals surface area contributed by atoms with Gasteiger partial charge in [-0.3, -0.25) is 0 Å². The predicted molar refractivity (Wildman–Crippen MR) is 103 cm³/mol. The molecule has 1 fully saturated rings. The molecule has 0 bridgehead atoms. The molecule has 2 rings (SSSR count). The molecular formula is C19H26ClN3O4. The molecule has 27 heavy (non-hydrogen) atoms. The first kappa shape index (κ1) is 21.2. The molecule has 1 unspecified atom stereocenters. The van der Waals surface area contributed by atoms with E-state index in [0.29, 0.717) is 36.4 Å². The molecule has 1 atom stereocenters. The van der Waals surface area contributed by atoms with Crippen molar-refractivity contribution < 1.29 is 18.8 Å². The molecular weight excluding hydrogens is 370 g/mol. The van der Waals surface area contributed by atoms with Gasteiger partial charge < -0.3 is 18.9 Å². The molecule has 0 aliphatic carbocycles. The van der Waals surface area contributed by atoms with Crippen LogP contribution in [0.5, 0.6) is 0 Å². The van der Waals surface area contributed by atoms with E-state index in [9.17, 15) is 4.79 Å². The Labute approximate surface area is 164 Å². The Balaban J connectivity index is 2.01. The number of halogens is 1. The molecule has 148 valence electrons. The normalized spacial score (nSPS) is 19.0. The lowest BCUT2D eigenvalue weighted by atomic mass is 9.98. The summed E-state index contributed by atoms with van der Waals surface area (Å²) in [6.45, 7) is 5.51. The minimum Gasteiger partial charge on any atom is -0.447 e. The Morgan fingerprint density at radius 3 is 2.96 bits per heavy atom. The largest absolute Gasteiger partial charge is 0.447 e. The summed E-state index contributed by atoms with van der Waals surface area (Å²) in [6.07, 6.45) is 8.82. The van der Waals surface area contributed by atoms with Gasteiger partial charge in [-0.05, 0) is 32.8 Å². The van der Waals surface area contributed by atoms with Gasteiger partial charge in [-0.1, -0.05) is 35.0 Å². The van der Waals surface area contributed by atoms with E-state index in [1.165, 1.54) is 0 Å². The third kappa shape index (κ3) is 6.52. The highest BCUT2D eigenvalue weighted by atomic mass is 35.5. The van der Waals surface area contributed by atoms with Gasteiger partial charge in [0.1, 0.15) is 6.61 Å². The van der Waals surface area contributed by atoms with Crippen molar-refractivity contribution in [1.29, 1.82) is 0 Å². The van der Waals surface area contributed by atoms with Gasteiger partial charge in [0.25, 0.3) is 0 Å². The van der Waals surface area contributed by atoms with Crippen LogP contribution in [0, 0.1) is 0 Å². The summed E-state index contributed by atoms with van der Waals surface area (Å²) < 4.78 is 15.6. The molecule has 0 radical (unpaired) electrons. The zero-order valence-electron chi connectivity index (χ0n) is 16.0. The van der Waals surface area contributed by atoms with Gasteiger partial charge in [0, 0.05) is 30.8 Å². The van der Waals surface area contributed by atoms with E-state index in [-0.39, 0.29) is 18.6 Å². The van der Waals surface area contributed by atoms with Crippen molar-refractivity contribution in [2.45, 2.75) is 32.6 Å². The fourth-order valence-electron chi connectivity index (χ4n) is 2.75. The number of ether oxygens (including phenoxy) is 2. The minimum atomic E-state index is -0.336. The summed E-state index contributed by atoms with van der Waals surface area (Å²) in [5.41, 5.74) is 0.839. The van der Waals surface area contributed by atoms with Crippen LogP contribution in [0.3, 0.4) is 0 Å². The quantitative estimate of drug-likeness (QED) is 0.510. The monoisotopic (exact) mass is 395 g/mol. The van der Waals surface area contributed by atoms with E-state index < -0.39 is 0 Å². The van der Waals surface area contributed by atoms with Gasteiger partial charge in [-0.25, -0.2) is 4.79 Å². The number of amides is 1. The van der Waals surface area contributed by atoms with E-state index in [0.717, 1.165) is 18.4 Å². The van der Waals surface area contributed by atoms with Crippen LogP contribution in [-0.4, -0.2) is 54.5 Å². The molecule has 1 aliphatic rings. The average molecular weight is 396 g/mol. The number of rotatable bonds is 7. The average Bonchev–Trinajstić information content (AvgIpc) is 3.15. The first-order valence-corrected chi connectivity index (χ1v) is 9.34. The van der Waals surface area contributed by atoms with Crippen molar-refractivity contribution in [1.82, 2.24) is 15.0 Å². The number of carbonyl (C=O) groups is 1. The zero-order chi connectivity index (χ0) is 19.6. The van der Waals surface area contributed by atoms with Crippen LogP contribution in [0.25, 0.3) is 5.57 Å². The molecule has 7 nitrogen and oxygen atoms in total. The summed E-state index contributed by atoms with van der Waals surface area (Å²) in [7, 11) is 1.57. The predicted octanol–water partition coefficient (Wildman–Crippen LogP) is 4.13. The van der Waals surface area contributed by atoms with E-state index in [1.807, 2.05) is 32.1 Å². The van der Waals surface area contributed by atoms with Gasteiger partial charge in [0.15, 0.2) is 0 Å². The van der Waals surface area contributed by atoms with Crippen LogP contribution < -0.4 is 0 Å². The third-order valence-electron chi connectivity index (χ3n) is 4.15. The van der Waals surface area contributed by atoms with Crippen molar-refractivity contribution in [2.75, 3.05) is 33.4 Å². The first-order valence-electron chi connectivity index (χ1n) is 8.96. The minimum absolute atomic E-state index is 0.00189. The molecule has 0 saturated carbocycles. The van der Waals surface area contributed by atoms with Crippen LogP contribution >= 0.6 is 11.6 Å². The van der Waals surface area contributed by atoms with Gasteiger partial charge in [-0.15, -0.1) is 0 Å². The van der Waals surface area contributed by atoms with Crippen LogP contribution in [0.2, 0.25) is 0 Å². The van der Waals surface area contributed by atoms with Crippen LogP contribution in [0.4, 0.5) is 4.79 Å². The number of hydrogen-bond donors (Lipinski definition) is 0. The van der Waals surface area contributed by atoms with Crippen LogP contribution in [0.15, 0.2) is 33.9 Å². The number of nitrogens with zero attached hydrogens (tertiary/aromatic N) is 3. The molecule has 1 aromatic rings. The van der Waals surface area contributed by atoms with Crippen molar-refractivity contribution in [3.63, 3.8) is 0 Å². The van der Waals surface area contributed by atoms with Crippen molar-refractivity contribution in [2.24, 2.45) is 0 Å². The second kappa shape index (κ2) is 10.9. The third-order valence-corrected chi connectivity index (χ3v) is 4.28. The SMILES string of the molecule is C\C=C(/C=C\C=C(/C)Cl)c1noc(C2CCCN(C(=O)OCCOC)C2)n1. The Morgan fingerprint density at radius 1 is 1.44 bits per heavy atom. The molecule has 0 N–H and O–H groups in total. The second-order valence-electron chi connectivity index (χ2n) is 6.21. The zero-order valence-corrected chi connectivity index (χ0v) is 16.7. The fraction of sp³-hybridized carbons (Fsp3) is 0.526. The lowest BCUT2D eigenvalue weighted by molar-refractivity contribution is 0.0636. The molecule has 1 amide bonds. The van der Waals surface area contributed by atoms with E-state index in [2.05, 4.69) is 10.1 Å². The number of allylic oxidation sites excluding steroid dienone is 6. The number of carbonyl (C=O) groups excluding carboxylic acids is 1. The topological polar surface area (TPSA) is 77.7 Å².